The molecule has 0 fully saturated rings. The number of hydrogen-bond acceptors (Lipinski definition) is 5. The summed E-state index contributed by atoms with van der Waals surface area (Å²) in [5.74, 6) is 0.365. The molecule has 30 heavy (non-hydrogen) atoms. The van der Waals surface area contributed by atoms with Crippen LogP contribution in [0.25, 0.3) is 6.08 Å². The molecule has 1 heterocycles. The van der Waals surface area contributed by atoms with E-state index < -0.39 is 0 Å². The van der Waals surface area contributed by atoms with Crippen molar-refractivity contribution in [3.8, 4) is 0 Å². The normalized spacial score (nSPS) is 11.1. The number of carbonyl (C=O) groups is 2. The van der Waals surface area contributed by atoms with Crippen LogP contribution < -0.4 is 10.6 Å². The van der Waals surface area contributed by atoms with Crippen LogP contribution in [-0.2, 0) is 11.3 Å². The lowest BCUT2D eigenvalue weighted by Crippen LogP contribution is -2.20. The minimum atomic E-state index is -0.162. The third-order valence-corrected chi connectivity index (χ3v) is 5.38. The van der Waals surface area contributed by atoms with Crippen LogP contribution in [0.2, 0.25) is 0 Å². The molecular weight excluding hydrogens is 394 g/mol. The first-order valence-corrected chi connectivity index (χ1v) is 10.7. The molecule has 1 aromatic heterocycles. The Kier molecular flexibility index (Phi) is 7.14. The standard InChI is InChI=1S/C24H25N3O2S/c1-16(2)19-7-4-18(5-8-19)6-13-23(29)25-14-22-15-30-24(27-22)26-21-11-9-20(10-12-21)17(3)28/h4-13,15-16H,14H2,1-3H3,(H,25,29)(H,26,27)/b13-6+. The van der Waals surface area contributed by atoms with Crippen LogP contribution in [0, 0.1) is 0 Å². The Morgan fingerprint density at radius 2 is 1.77 bits per heavy atom. The van der Waals surface area contributed by atoms with E-state index in [9.17, 15) is 9.59 Å². The number of anilines is 2. The molecule has 3 rings (SSSR count). The van der Waals surface area contributed by atoms with Gasteiger partial charge in [-0.2, -0.15) is 0 Å². The summed E-state index contributed by atoms with van der Waals surface area (Å²) < 4.78 is 0. The highest BCUT2D eigenvalue weighted by Gasteiger charge is 2.05. The van der Waals surface area contributed by atoms with Gasteiger partial charge in [0.05, 0.1) is 12.2 Å². The zero-order valence-electron chi connectivity index (χ0n) is 17.3. The number of carbonyl (C=O) groups excluding carboxylic acids is 2. The van der Waals surface area contributed by atoms with Gasteiger partial charge >= 0.3 is 0 Å². The van der Waals surface area contributed by atoms with E-state index in [0.29, 0.717) is 18.0 Å². The molecule has 0 bridgehead atoms. The quantitative estimate of drug-likeness (QED) is 0.371. The smallest absolute Gasteiger partial charge is 0.244 e. The van der Waals surface area contributed by atoms with Crippen LogP contribution in [0.15, 0.2) is 60.0 Å². The largest absolute Gasteiger partial charge is 0.347 e. The van der Waals surface area contributed by atoms with E-state index in [1.165, 1.54) is 23.0 Å². The van der Waals surface area contributed by atoms with E-state index in [2.05, 4.69) is 41.6 Å². The molecular formula is C24H25N3O2S. The Bertz CT molecular complexity index is 1040. The van der Waals surface area contributed by atoms with Gasteiger partial charge in [0, 0.05) is 22.7 Å². The van der Waals surface area contributed by atoms with Crippen molar-refractivity contribution in [1.29, 1.82) is 0 Å². The first-order chi connectivity index (χ1) is 14.4. The summed E-state index contributed by atoms with van der Waals surface area (Å²) >= 11 is 1.46. The van der Waals surface area contributed by atoms with Gasteiger partial charge < -0.3 is 10.6 Å². The van der Waals surface area contributed by atoms with Crippen molar-refractivity contribution in [3.05, 3.63) is 82.4 Å². The zero-order valence-corrected chi connectivity index (χ0v) is 18.1. The molecule has 3 aromatic rings. The number of aromatic nitrogens is 1. The van der Waals surface area contributed by atoms with E-state index in [4.69, 9.17) is 0 Å². The van der Waals surface area contributed by atoms with Crippen molar-refractivity contribution in [2.75, 3.05) is 5.32 Å². The van der Waals surface area contributed by atoms with Crippen LogP contribution in [0.5, 0.6) is 0 Å². The second-order valence-electron chi connectivity index (χ2n) is 7.28. The molecule has 2 aromatic carbocycles. The van der Waals surface area contributed by atoms with Crippen LogP contribution >= 0.6 is 11.3 Å². The van der Waals surface area contributed by atoms with Gasteiger partial charge in [0.2, 0.25) is 5.91 Å². The van der Waals surface area contributed by atoms with E-state index in [1.54, 1.807) is 25.1 Å². The highest BCUT2D eigenvalue weighted by molar-refractivity contribution is 7.13. The number of hydrogen-bond donors (Lipinski definition) is 2. The molecule has 6 heteroatoms. The third-order valence-electron chi connectivity index (χ3n) is 4.57. The first-order valence-electron chi connectivity index (χ1n) is 9.79. The Balaban J connectivity index is 1.49. The van der Waals surface area contributed by atoms with Gasteiger partial charge in [-0.25, -0.2) is 4.98 Å². The highest BCUT2D eigenvalue weighted by Crippen LogP contribution is 2.21. The number of amides is 1. The van der Waals surface area contributed by atoms with Crippen LogP contribution in [0.4, 0.5) is 10.8 Å². The van der Waals surface area contributed by atoms with Gasteiger partial charge in [0.25, 0.3) is 0 Å². The lowest BCUT2D eigenvalue weighted by Gasteiger charge is -2.04. The summed E-state index contributed by atoms with van der Waals surface area (Å²) in [4.78, 5) is 27.9. The van der Waals surface area contributed by atoms with Gasteiger partial charge in [-0.1, -0.05) is 38.1 Å². The van der Waals surface area contributed by atoms with Crippen LogP contribution in [-0.4, -0.2) is 16.7 Å². The molecule has 2 N–H and O–H groups in total. The van der Waals surface area contributed by atoms with Crippen molar-refractivity contribution in [3.63, 3.8) is 0 Å². The van der Waals surface area contributed by atoms with Gasteiger partial charge in [-0.15, -0.1) is 11.3 Å². The summed E-state index contributed by atoms with van der Waals surface area (Å²) in [6.45, 7) is 6.21. The second kappa shape index (κ2) is 9.98. The zero-order chi connectivity index (χ0) is 21.5. The molecule has 0 saturated heterocycles. The number of ketones is 1. The molecule has 1 amide bonds. The number of thiazole rings is 1. The Labute approximate surface area is 180 Å². The fourth-order valence-electron chi connectivity index (χ4n) is 2.76. The first kappa shape index (κ1) is 21.5. The summed E-state index contributed by atoms with van der Waals surface area (Å²) in [5.41, 5.74) is 4.58. The summed E-state index contributed by atoms with van der Waals surface area (Å²) in [5, 5.41) is 8.69. The average molecular weight is 420 g/mol. The van der Waals surface area contributed by atoms with E-state index in [-0.39, 0.29) is 11.7 Å². The number of Topliss-reactive ketones (excluding diaryl/α,β-unsaturated/α-hetero) is 1. The van der Waals surface area contributed by atoms with Crippen molar-refractivity contribution < 1.29 is 9.59 Å². The monoisotopic (exact) mass is 419 g/mol. The molecule has 0 radical (unpaired) electrons. The molecule has 5 nitrogen and oxygen atoms in total. The summed E-state index contributed by atoms with van der Waals surface area (Å²) in [6, 6.07) is 15.4. The summed E-state index contributed by atoms with van der Waals surface area (Å²) in [6.07, 6.45) is 3.34. The van der Waals surface area contributed by atoms with E-state index >= 15 is 0 Å². The molecule has 154 valence electrons. The lowest BCUT2D eigenvalue weighted by atomic mass is 10.0. The van der Waals surface area contributed by atoms with Crippen molar-refractivity contribution in [2.45, 2.75) is 33.2 Å². The fraction of sp³-hybridized carbons (Fsp3) is 0.208. The van der Waals surface area contributed by atoms with Gasteiger partial charge in [-0.05, 0) is 54.3 Å². The number of benzene rings is 2. The molecule has 0 unspecified atom stereocenters. The molecule has 0 aliphatic carbocycles. The van der Waals surface area contributed by atoms with Gasteiger partial charge in [0.15, 0.2) is 10.9 Å². The number of nitrogens with zero attached hydrogens (tertiary/aromatic N) is 1. The van der Waals surface area contributed by atoms with E-state index in [1.807, 2.05) is 29.6 Å². The fourth-order valence-corrected chi connectivity index (χ4v) is 3.49. The predicted octanol–water partition coefficient (Wildman–Crippen LogP) is 5.54. The Morgan fingerprint density at radius 1 is 1.07 bits per heavy atom. The molecule has 0 spiro atoms. The topological polar surface area (TPSA) is 71.1 Å². The van der Waals surface area contributed by atoms with E-state index in [0.717, 1.165) is 22.1 Å². The van der Waals surface area contributed by atoms with Crippen molar-refractivity contribution >= 4 is 39.9 Å². The molecule has 0 saturated carbocycles. The second-order valence-corrected chi connectivity index (χ2v) is 8.13. The Hall–Kier alpha value is -3.25. The van der Waals surface area contributed by atoms with Gasteiger partial charge in [-0.3, -0.25) is 9.59 Å². The minimum absolute atomic E-state index is 0.0375. The van der Waals surface area contributed by atoms with Crippen LogP contribution in [0.1, 0.15) is 53.9 Å². The lowest BCUT2D eigenvalue weighted by molar-refractivity contribution is -0.116. The SMILES string of the molecule is CC(=O)c1ccc(Nc2nc(CNC(=O)/C=C/c3ccc(C(C)C)cc3)cs2)cc1. The highest BCUT2D eigenvalue weighted by atomic mass is 32.1. The average Bonchev–Trinajstić information content (AvgIpc) is 3.18. The maximum Gasteiger partial charge on any atom is 0.244 e. The summed E-state index contributed by atoms with van der Waals surface area (Å²) in [7, 11) is 0. The minimum Gasteiger partial charge on any atom is -0.347 e. The number of rotatable bonds is 8. The molecule has 0 aliphatic rings. The predicted molar refractivity (Wildman–Crippen MR) is 123 cm³/mol. The van der Waals surface area contributed by atoms with Crippen molar-refractivity contribution in [1.82, 2.24) is 10.3 Å². The Morgan fingerprint density at radius 3 is 2.40 bits per heavy atom. The van der Waals surface area contributed by atoms with Gasteiger partial charge in [0.1, 0.15) is 0 Å². The number of nitrogens with one attached hydrogen (secondary N) is 2. The van der Waals surface area contributed by atoms with Crippen molar-refractivity contribution in [2.24, 2.45) is 0 Å². The van der Waals surface area contributed by atoms with Crippen LogP contribution in [0.3, 0.4) is 0 Å². The maximum absolute atomic E-state index is 12.1. The third kappa shape index (κ3) is 6.12. The molecule has 0 aliphatic heterocycles. The maximum atomic E-state index is 12.1. The molecule has 0 atom stereocenters.